The Morgan fingerprint density at radius 3 is 2.24 bits per heavy atom. The summed E-state index contributed by atoms with van der Waals surface area (Å²) in [6.45, 7) is 22.2. The maximum atomic E-state index is 7.00. The Hall–Kier alpha value is -2.78. The molecule has 0 heterocycles. The van der Waals surface area contributed by atoms with E-state index in [9.17, 15) is 0 Å². The second-order valence-electron chi connectivity index (χ2n) is 7.84. The highest BCUT2D eigenvalue weighted by molar-refractivity contribution is 5.74. The van der Waals surface area contributed by atoms with Crippen molar-refractivity contribution in [3.8, 4) is 0 Å². The largest absolute Gasteiger partial charge is 0.499 e. The molecular formula is C30H47NO2. The minimum Gasteiger partial charge on any atom is -0.499 e. The number of aliphatic hydroxyl groups excluding tert-OH is 1. The summed E-state index contributed by atoms with van der Waals surface area (Å²) in [6.07, 6.45) is 15.3. The SMILES string of the molecule is C=C/C=C(\C=C/CCC(CCC(=C)C)C[C@@H](C)C(=C)OCC)c1ccccc1.C=CN.CO. The average molecular weight is 454 g/mol. The summed E-state index contributed by atoms with van der Waals surface area (Å²) >= 11 is 0. The average Bonchev–Trinajstić information content (AvgIpc) is 2.81. The molecule has 0 amide bonds. The quantitative estimate of drug-likeness (QED) is 0.171. The summed E-state index contributed by atoms with van der Waals surface area (Å²) in [5.41, 5.74) is 8.29. The van der Waals surface area contributed by atoms with E-state index in [2.05, 4.69) is 88.4 Å². The Bertz CT molecular complexity index is 716. The normalized spacial score (nSPS) is 12.3. The van der Waals surface area contributed by atoms with Crippen LogP contribution in [0.3, 0.4) is 0 Å². The zero-order chi connectivity index (χ0) is 25.5. The second-order valence-corrected chi connectivity index (χ2v) is 7.84. The van der Waals surface area contributed by atoms with Gasteiger partial charge in [0.05, 0.1) is 12.4 Å². The van der Waals surface area contributed by atoms with Gasteiger partial charge in [-0.15, -0.1) is 6.58 Å². The van der Waals surface area contributed by atoms with Crippen molar-refractivity contribution in [1.29, 1.82) is 0 Å². The van der Waals surface area contributed by atoms with Crippen molar-refractivity contribution in [2.45, 2.75) is 52.9 Å². The summed E-state index contributed by atoms with van der Waals surface area (Å²) in [6, 6.07) is 10.5. The summed E-state index contributed by atoms with van der Waals surface area (Å²) in [5, 5.41) is 7.00. The third-order valence-electron chi connectivity index (χ3n) is 4.99. The molecule has 0 saturated heterocycles. The van der Waals surface area contributed by atoms with Crippen LogP contribution in [-0.4, -0.2) is 18.8 Å². The van der Waals surface area contributed by atoms with Gasteiger partial charge in [0.15, 0.2) is 0 Å². The summed E-state index contributed by atoms with van der Waals surface area (Å²) < 4.78 is 5.62. The van der Waals surface area contributed by atoms with E-state index in [-0.39, 0.29) is 0 Å². The number of rotatable bonds is 14. The molecule has 3 nitrogen and oxygen atoms in total. The molecule has 33 heavy (non-hydrogen) atoms. The minimum atomic E-state index is 0.389. The van der Waals surface area contributed by atoms with Gasteiger partial charge in [-0.05, 0) is 69.2 Å². The number of hydrogen-bond acceptors (Lipinski definition) is 3. The highest BCUT2D eigenvalue weighted by Gasteiger charge is 2.16. The van der Waals surface area contributed by atoms with Crippen LogP contribution in [-0.2, 0) is 4.74 Å². The van der Waals surface area contributed by atoms with E-state index in [4.69, 9.17) is 9.84 Å². The van der Waals surface area contributed by atoms with E-state index < -0.39 is 0 Å². The first-order valence-corrected chi connectivity index (χ1v) is 11.7. The van der Waals surface area contributed by atoms with Crippen molar-refractivity contribution in [3.05, 3.63) is 104 Å². The third-order valence-corrected chi connectivity index (χ3v) is 4.99. The van der Waals surface area contributed by atoms with Gasteiger partial charge in [0.1, 0.15) is 0 Å². The van der Waals surface area contributed by atoms with Crippen LogP contribution >= 0.6 is 0 Å². The van der Waals surface area contributed by atoms with E-state index in [1.54, 1.807) is 0 Å². The fourth-order valence-corrected chi connectivity index (χ4v) is 3.34. The molecule has 1 rings (SSSR count). The molecule has 1 unspecified atom stereocenters. The number of aliphatic hydroxyl groups is 1. The standard InChI is InChI=1S/C27H38O.C2H5N.CH4O/c1-7-14-26(27-16-10-9-11-17-27)18-13-12-15-25(20-19-22(3)4)21-23(5)24(6)28-8-2;1-2-3;1-2/h7,9-11,13-14,16-18,23,25H,1,3,6,8,12,15,19-21H2,2,4-5H3;2H,1,3H2;2H,1H3/b18-13-,26-14+;;/t23-,25?;;/m1../s1. The second kappa shape index (κ2) is 22.4. The molecule has 1 aromatic carbocycles. The van der Waals surface area contributed by atoms with E-state index in [0.717, 1.165) is 32.1 Å². The van der Waals surface area contributed by atoms with Crippen molar-refractivity contribution >= 4 is 5.57 Å². The van der Waals surface area contributed by atoms with Crippen molar-refractivity contribution in [1.82, 2.24) is 0 Å². The molecule has 0 spiro atoms. The Morgan fingerprint density at radius 2 is 1.73 bits per heavy atom. The molecule has 0 aliphatic carbocycles. The van der Waals surface area contributed by atoms with Gasteiger partial charge in [0, 0.05) is 13.0 Å². The van der Waals surface area contributed by atoms with Crippen LogP contribution in [0.4, 0.5) is 0 Å². The van der Waals surface area contributed by atoms with Gasteiger partial charge < -0.3 is 15.6 Å². The lowest BCUT2D eigenvalue weighted by molar-refractivity contribution is 0.183. The molecule has 0 aromatic heterocycles. The number of hydrogen-bond donors (Lipinski definition) is 2. The molecule has 184 valence electrons. The molecule has 0 fully saturated rings. The van der Waals surface area contributed by atoms with Crippen LogP contribution in [0.2, 0.25) is 0 Å². The molecule has 0 radical (unpaired) electrons. The van der Waals surface area contributed by atoms with Crippen LogP contribution < -0.4 is 5.73 Å². The predicted molar refractivity (Wildman–Crippen MR) is 148 cm³/mol. The lowest BCUT2D eigenvalue weighted by Crippen LogP contribution is -2.10. The van der Waals surface area contributed by atoms with Gasteiger partial charge in [-0.25, -0.2) is 0 Å². The Kier molecular flexibility index (Phi) is 22.0. The van der Waals surface area contributed by atoms with Gasteiger partial charge in [0.2, 0.25) is 0 Å². The Morgan fingerprint density at radius 1 is 1.12 bits per heavy atom. The number of nitrogens with two attached hydrogens (primary N) is 1. The van der Waals surface area contributed by atoms with Crippen LogP contribution in [0.1, 0.15) is 58.4 Å². The van der Waals surface area contributed by atoms with E-state index in [0.29, 0.717) is 18.4 Å². The van der Waals surface area contributed by atoms with Crippen molar-refractivity contribution in [2.24, 2.45) is 17.6 Å². The zero-order valence-corrected chi connectivity index (χ0v) is 21.4. The molecule has 0 bridgehead atoms. The first-order valence-electron chi connectivity index (χ1n) is 11.7. The van der Waals surface area contributed by atoms with E-state index in [1.165, 1.54) is 35.8 Å². The van der Waals surface area contributed by atoms with Crippen LogP contribution in [0, 0.1) is 11.8 Å². The fourth-order valence-electron chi connectivity index (χ4n) is 3.34. The Labute approximate surface area is 203 Å². The fraction of sp³-hybridized carbons (Fsp3) is 0.400. The highest BCUT2D eigenvalue weighted by Crippen LogP contribution is 2.28. The minimum absolute atomic E-state index is 0.389. The van der Waals surface area contributed by atoms with E-state index in [1.807, 2.05) is 19.1 Å². The smallest absolute Gasteiger partial charge is 0.0916 e. The van der Waals surface area contributed by atoms with Gasteiger partial charge in [0.25, 0.3) is 0 Å². The lowest BCUT2D eigenvalue weighted by Gasteiger charge is -2.22. The van der Waals surface area contributed by atoms with Gasteiger partial charge >= 0.3 is 0 Å². The molecule has 0 aliphatic heterocycles. The number of benzene rings is 1. The van der Waals surface area contributed by atoms with Crippen LogP contribution in [0.25, 0.3) is 5.57 Å². The number of ether oxygens (including phenoxy) is 1. The van der Waals surface area contributed by atoms with Crippen LogP contribution in [0.15, 0.2) is 98.5 Å². The Balaban J connectivity index is 0. The maximum Gasteiger partial charge on any atom is 0.0916 e. The summed E-state index contributed by atoms with van der Waals surface area (Å²) in [4.78, 5) is 0. The monoisotopic (exact) mass is 453 g/mol. The van der Waals surface area contributed by atoms with Crippen molar-refractivity contribution in [3.63, 3.8) is 0 Å². The zero-order valence-electron chi connectivity index (χ0n) is 21.4. The molecule has 1 aromatic rings. The predicted octanol–water partition coefficient (Wildman–Crippen LogP) is 7.84. The van der Waals surface area contributed by atoms with Gasteiger partial charge in [-0.1, -0.05) is 86.9 Å². The third kappa shape index (κ3) is 17.5. The topological polar surface area (TPSA) is 55.5 Å². The number of allylic oxidation sites excluding steroid dienone is 7. The molecule has 0 aliphatic rings. The first-order chi connectivity index (χ1) is 15.9. The van der Waals surface area contributed by atoms with Crippen molar-refractivity contribution < 1.29 is 9.84 Å². The van der Waals surface area contributed by atoms with E-state index >= 15 is 0 Å². The molecule has 2 atom stereocenters. The molecule has 0 saturated carbocycles. The molecular weight excluding hydrogens is 406 g/mol. The van der Waals surface area contributed by atoms with Gasteiger partial charge in [-0.2, -0.15) is 0 Å². The summed E-state index contributed by atoms with van der Waals surface area (Å²) in [5.74, 6) is 1.95. The molecule has 3 N–H and O–H groups in total. The van der Waals surface area contributed by atoms with Crippen LogP contribution in [0.5, 0.6) is 0 Å². The molecule has 3 heteroatoms. The first kappa shape index (κ1) is 32.4. The highest BCUT2D eigenvalue weighted by atomic mass is 16.5. The van der Waals surface area contributed by atoms with Crippen molar-refractivity contribution in [2.75, 3.05) is 13.7 Å². The van der Waals surface area contributed by atoms with Gasteiger partial charge in [-0.3, -0.25) is 0 Å². The summed E-state index contributed by atoms with van der Waals surface area (Å²) in [7, 11) is 1.00. The maximum absolute atomic E-state index is 7.00. The lowest BCUT2D eigenvalue weighted by atomic mass is 9.86.